The van der Waals surface area contributed by atoms with Crippen molar-refractivity contribution in [2.24, 2.45) is 0 Å². The van der Waals surface area contributed by atoms with Crippen LogP contribution in [0.15, 0.2) is 54.6 Å². The fourth-order valence-corrected chi connectivity index (χ4v) is 1.63. The highest BCUT2D eigenvalue weighted by atomic mass is 19.1. The van der Waals surface area contributed by atoms with Crippen molar-refractivity contribution in [1.82, 2.24) is 0 Å². The van der Waals surface area contributed by atoms with E-state index in [0.717, 1.165) is 23.8 Å². The van der Waals surface area contributed by atoms with Crippen LogP contribution in [0.5, 0.6) is 0 Å². The predicted octanol–water partition coefficient (Wildman–Crippen LogP) is 3.39. The SMILES string of the molecule is O=C(C=Cc1ccccc1)Nc1cc([N+](=O)[O-])ccc1F. The van der Waals surface area contributed by atoms with Gasteiger partial charge in [-0.15, -0.1) is 0 Å². The number of halogens is 1. The fourth-order valence-electron chi connectivity index (χ4n) is 1.63. The highest BCUT2D eigenvalue weighted by Gasteiger charge is 2.11. The van der Waals surface area contributed by atoms with Gasteiger partial charge in [-0.1, -0.05) is 30.3 Å². The second-order valence-corrected chi connectivity index (χ2v) is 4.15. The van der Waals surface area contributed by atoms with E-state index in [9.17, 15) is 19.3 Å². The van der Waals surface area contributed by atoms with Gasteiger partial charge < -0.3 is 5.32 Å². The number of carbonyl (C=O) groups excluding carboxylic acids is 1. The Labute approximate surface area is 119 Å². The lowest BCUT2D eigenvalue weighted by Gasteiger charge is -2.03. The number of nitro groups is 1. The van der Waals surface area contributed by atoms with Gasteiger partial charge in [-0.05, 0) is 17.7 Å². The molecule has 0 saturated carbocycles. The van der Waals surface area contributed by atoms with Crippen molar-refractivity contribution in [2.75, 3.05) is 5.32 Å². The summed E-state index contributed by atoms with van der Waals surface area (Å²) in [6.45, 7) is 0. The smallest absolute Gasteiger partial charge is 0.271 e. The van der Waals surface area contributed by atoms with Gasteiger partial charge in [-0.2, -0.15) is 0 Å². The van der Waals surface area contributed by atoms with Crippen molar-refractivity contribution in [1.29, 1.82) is 0 Å². The summed E-state index contributed by atoms with van der Waals surface area (Å²) in [7, 11) is 0. The van der Waals surface area contributed by atoms with Crippen LogP contribution >= 0.6 is 0 Å². The number of non-ortho nitro benzene ring substituents is 1. The molecule has 2 rings (SSSR count). The maximum absolute atomic E-state index is 13.5. The number of hydrogen-bond acceptors (Lipinski definition) is 3. The van der Waals surface area contributed by atoms with Gasteiger partial charge in [0.05, 0.1) is 10.6 Å². The standard InChI is InChI=1S/C15H11FN2O3/c16-13-8-7-12(18(20)21)10-14(13)17-15(19)9-6-11-4-2-1-3-5-11/h1-10H,(H,17,19). The number of rotatable bonds is 4. The van der Waals surface area contributed by atoms with Crippen LogP contribution in [0.25, 0.3) is 6.08 Å². The maximum Gasteiger partial charge on any atom is 0.271 e. The lowest BCUT2D eigenvalue weighted by molar-refractivity contribution is -0.384. The lowest BCUT2D eigenvalue weighted by atomic mass is 10.2. The number of nitrogens with one attached hydrogen (secondary N) is 1. The molecule has 6 heteroatoms. The van der Waals surface area contributed by atoms with Gasteiger partial charge in [0.2, 0.25) is 5.91 Å². The van der Waals surface area contributed by atoms with Crippen LogP contribution in [0.1, 0.15) is 5.56 Å². The minimum absolute atomic E-state index is 0.230. The molecule has 5 nitrogen and oxygen atoms in total. The third-order valence-electron chi connectivity index (χ3n) is 2.65. The number of benzene rings is 2. The molecule has 1 amide bonds. The van der Waals surface area contributed by atoms with Gasteiger partial charge in [-0.25, -0.2) is 4.39 Å². The number of hydrogen-bond donors (Lipinski definition) is 1. The molecule has 0 heterocycles. The molecular weight excluding hydrogens is 275 g/mol. The Morgan fingerprint density at radius 1 is 1.19 bits per heavy atom. The zero-order valence-electron chi connectivity index (χ0n) is 10.8. The molecule has 0 aliphatic heterocycles. The first-order valence-electron chi connectivity index (χ1n) is 6.04. The minimum atomic E-state index is -0.734. The summed E-state index contributed by atoms with van der Waals surface area (Å²) in [4.78, 5) is 21.6. The van der Waals surface area contributed by atoms with Crippen molar-refractivity contribution < 1.29 is 14.1 Å². The fraction of sp³-hybridized carbons (Fsp3) is 0. The molecule has 0 aromatic heterocycles. The normalized spacial score (nSPS) is 10.5. The largest absolute Gasteiger partial charge is 0.320 e. The number of anilines is 1. The van der Waals surface area contributed by atoms with Crippen LogP contribution < -0.4 is 5.32 Å². The van der Waals surface area contributed by atoms with Crippen molar-refractivity contribution in [3.05, 3.63) is 76.1 Å². The molecule has 0 aliphatic carbocycles. The van der Waals surface area contributed by atoms with E-state index in [1.165, 1.54) is 6.08 Å². The number of amides is 1. The summed E-state index contributed by atoms with van der Waals surface area (Å²) in [5.74, 6) is -1.31. The Morgan fingerprint density at radius 2 is 1.90 bits per heavy atom. The van der Waals surface area contributed by atoms with Crippen LogP contribution in [-0.2, 0) is 4.79 Å². The Hall–Kier alpha value is -3.02. The average Bonchev–Trinajstić information content (AvgIpc) is 2.48. The Morgan fingerprint density at radius 3 is 2.57 bits per heavy atom. The quantitative estimate of drug-likeness (QED) is 0.532. The van der Waals surface area contributed by atoms with E-state index in [1.54, 1.807) is 18.2 Å². The monoisotopic (exact) mass is 286 g/mol. The Bertz CT molecular complexity index is 699. The Kier molecular flexibility index (Phi) is 4.40. The number of nitrogens with zero attached hydrogens (tertiary/aromatic N) is 1. The van der Waals surface area contributed by atoms with E-state index >= 15 is 0 Å². The van der Waals surface area contributed by atoms with E-state index in [-0.39, 0.29) is 11.4 Å². The molecule has 0 atom stereocenters. The average molecular weight is 286 g/mol. The molecule has 0 spiro atoms. The summed E-state index contributed by atoms with van der Waals surface area (Å²) in [6, 6.07) is 12.0. The van der Waals surface area contributed by atoms with Crippen LogP contribution in [0.4, 0.5) is 15.8 Å². The molecule has 1 N–H and O–H groups in total. The predicted molar refractivity (Wildman–Crippen MR) is 77.2 cm³/mol. The van der Waals surface area contributed by atoms with Gasteiger partial charge >= 0.3 is 0 Å². The third kappa shape index (κ3) is 3.97. The molecule has 2 aromatic rings. The van der Waals surface area contributed by atoms with Crippen LogP contribution in [0.3, 0.4) is 0 Å². The lowest BCUT2D eigenvalue weighted by Crippen LogP contribution is -2.09. The molecule has 0 aliphatic rings. The first-order chi connectivity index (χ1) is 10.1. The van der Waals surface area contributed by atoms with Gasteiger partial charge in [0.1, 0.15) is 5.82 Å². The summed E-state index contributed by atoms with van der Waals surface area (Å²) in [5.41, 5.74) is 0.290. The molecule has 0 unspecified atom stereocenters. The summed E-state index contributed by atoms with van der Waals surface area (Å²) in [6.07, 6.45) is 2.79. The minimum Gasteiger partial charge on any atom is -0.320 e. The summed E-state index contributed by atoms with van der Waals surface area (Å²) < 4.78 is 13.5. The molecule has 106 valence electrons. The highest BCUT2D eigenvalue weighted by Crippen LogP contribution is 2.21. The van der Waals surface area contributed by atoms with E-state index in [2.05, 4.69) is 5.32 Å². The summed E-state index contributed by atoms with van der Waals surface area (Å²) in [5, 5.41) is 12.9. The van der Waals surface area contributed by atoms with Crippen molar-refractivity contribution in [3.63, 3.8) is 0 Å². The van der Waals surface area contributed by atoms with Crippen LogP contribution in [0, 0.1) is 15.9 Å². The van der Waals surface area contributed by atoms with Crippen molar-refractivity contribution in [2.45, 2.75) is 0 Å². The second kappa shape index (κ2) is 6.42. The zero-order valence-corrected chi connectivity index (χ0v) is 10.8. The molecule has 0 fully saturated rings. The highest BCUT2D eigenvalue weighted by molar-refractivity contribution is 6.02. The van der Waals surface area contributed by atoms with E-state index in [0.29, 0.717) is 0 Å². The number of nitro benzene ring substituents is 1. The molecular formula is C15H11FN2O3. The summed E-state index contributed by atoms with van der Waals surface area (Å²) >= 11 is 0. The Balaban J connectivity index is 2.11. The number of carbonyl (C=O) groups is 1. The van der Waals surface area contributed by atoms with Crippen molar-refractivity contribution >= 4 is 23.4 Å². The first-order valence-corrected chi connectivity index (χ1v) is 6.04. The zero-order chi connectivity index (χ0) is 15.2. The molecule has 0 saturated heterocycles. The van der Waals surface area contributed by atoms with Gasteiger partial charge in [0.25, 0.3) is 5.69 Å². The van der Waals surface area contributed by atoms with Gasteiger partial charge in [0, 0.05) is 18.2 Å². The third-order valence-corrected chi connectivity index (χ3v) is 2.65. The van der Waals surface area contributed by atoms with E-state index < -0.39 is 16.6 Å². The molecule has 21 heavy (non-hydrogen) atoms. The second-order valence-electron chi connectivity index (χ2n) is 4.15. The maximum atomic E-state index is 13.5. The molecule has 2 aromatic carbocycles. The first kappa shape index (κ1) is 14.4. The van der Waals surface area contributed by atoms with E-state index in [1.807, 2.05) is 18.2 Å². The van der Waals surface area contributed by atoms with Gasteiger partial charge in [-0.3, -0.25) is 14.9 Å². The van der Waals surface area contributed by atoms with E-state index in [4.69, 9.17) is 0 Å². The molecule has 0 radical (unpaired) electrons. The topological polar surface area (TPSA) is 72.2 Å². The molecule has 0 bridgehead atoms. The van der Waals surface area contributed by atoms with Crippen molar-refractivity contribution in [3.8, 4) is 0 Å². The van der Waals surface area contributed by atoms with Gasteiger partial charge in [0.15, 0.2) is 0 Å². The van der Waals surface area contributed by atoms with Crippen LogP contribution in [-0.4, -0.2) is 10.8 Å². The van der Waals surface area contributed by atoms with Crippen LogP contribution in [0.2, 0.25) is 0 Å².